The molecule has 4 heteroatoms. The monoisotopic (exact) mass is 271 g/mol. The zero-order valence-corrected chi connectivity index (χ0v) is 11.9. The molecule has 0 amide bonds. The van der Waals surface area contributed by atoms with Crippen LogP contribution >= 0.6 is 0 Å². The second-order valence-electron chi connectivity index (χ2n) is 5.48. The molecule has 106 valence electrons. The van der Waals surface area contributed by atoms with Gasteiger partial charge in [0.25, 0.3) is 0 Å². The predicted molar refractivity (Wildman–Crippen MR) is 79.6 cm³/mol. The third-order valence-corrected chi connectivity index (χ3v) is 3.94. The highest BCUT2D eigenvalue weighted by Gasteiger charge is 2.17. The number of nitrogens with zero attached hydrogens (tertiary/aromatic N) is 2. The zero-order chi connectivity index (χ0) is 13.9. The molecule has 0 atom stereocenters. The summed E-state index contributed by atoms with van der Waals surface area (Å²) in [6.07, 6.45) is 8.22. The first-order valence-corrected chi connectivity index (χ1v) is 7.22. The number of nitrogens with two attached hydrogens (primary N) is 1. The van der Waals surface area contributed by atoms with Crippen LogP contribution in [-0.2, 0) is 25.9 Å². The van der Waals surface area contributed by atoms with Crippen LogP contribution in [0.25, 0.3) is 0 Å². The molecule has 20 heavy (non-hydrogen) atoms. The molecule has 0 fully saturated rings. The van der Waals surface area contributed by atoms with Gasteiger partial charge < -0.3 is 15.1 Å². The Kier molecular flexibility index (Phi) is 3.74. The molecule has 1 aliphatic carbocycles. The van der Waals surface area contributed by atoms with Crippen molar-refractivity contribution in [2.45, 2.75) is 38.8 Å². The summed E-state index contributed by atoms with van der Waals surface area (Å²) in [6, 6.07) is 4.24. The lowest BCUT2D eigenvalue weighted by Crippen LogP contribution is -2.22. The zero-order valence-electron chi connectivity index (χ0n) is 11.9. The van der Waals surface area contributed by atoms with Crippen LogP contribution in [0.4, 0.5) is 5.82 Å². The second-order valence-corrected chi connectivity index (χ2v) is 5.48. The number of aryl methyl sites for hydroxylation is 2. The first kappa shape index (κ1) is 13.2. The third-order valence-electron chi connectivity index (χ3n) is 3.94. The van der Waals surface area contributed by atoms with Gasteiger partial charge in [-0.25, -0.2) is 4.98 Å². The van der Waals surface area contributed by atoms with Crippen molar-refractivity contribution in [2.24, 2.45) is 5.73 Å². The molecule has 2 aromatic rings. The van der Waals surface area contributed by atoms with Crippen molar-refractivity contribution in [3.8, 4) is 0 Å². The summed E-state index contributed by atoms with van der Waals surface area (Å²) in [6.45, 7) is 1.32. The standard InChI is InChI=1S/C16H21N3O/c1-19(10-12-6-7-20-11-12)16-14(9-17)8-13-4-2-3-5-15(13)18-16/h6-8,11H,2-5,9-10,17H2,1H3. The largest absolute Gasteiger partial charge is 0.472 e. The second kappa shape index (κ2) is 5.67. The molecule has 0 aliphatic heterocycles. The van der Waals surface area contributed by atoms with Crippen LogP contribution < -0.4 is 10.6 Å². The highest BCUT2D eigenvalue weighted by Crippen LogP contribution is 2.26. The minimum Gasteiger partial charge on any atom is -0.472 e. The number of anilines is 1. The number of hydrogen-bond acceptors (Lipinski definition) is 4. The van der Waals surface area contributed by atoms with Crippen LogP contribution in [0.2, 0.25) is 0 Å². The number of pyridine rings is 1. The fourth-order valence-corrected chi connectivity index (χ4v) is 2.88. The minimum atomic E-state index is 0.533. The maximum Gasteiger partial charge on any atom is 0.133 e. The van der Waals surface area contributed by atoms with Gasteiger partial charge in [0.1, 0.15) is 5.82 Å². The van der Waals surface area contributed by atoms with Gasteiger partial charge in [-0.1, -0.05) is 0 Å². The summed E-state index contributed by atoms with van der Waals surface area (Å²) < 4.78 is 5.13. The van der Waals surface area contributed by atoms with Crippen LogP contribution in [0.1, 0.15) is 35.2 Å². The number of rotatable bonds is 4. The molecule has 1 aliphatic rings. The number of aromatic nitrogens is 1. The summed E-state index contributed by atoms with van der Waals surface area (Å²) in [4.78, 5) is 7.03. The van der Waals surface area contributed by atoms with Gasteiger partial charge in [-0.15, -0.1) is 0 Å². The van der Waals surface area contributed by atoms with Gasteiger partial charge >= 0.3 is 0 Å². The Morgan fingerprint density at radius 3 is 2.95 bits per heavy atom. The molecule has 0 saturated carbocycles. The predicted octanol–water partition coefficient (Wildman–Crippen LogP) is 2.65. The molecule has 2 aromatic heterocycles. The molecule has 0 saturated heterocycles. The van der Waals surface area contributed by atoms with E-state index in [2.05, 4.69) is 18.0 Å². The summed E-state index contributed by atoms with van der Waals surface area (Å²) in [7, 11) is 2.06. The van der Waals surface area contributed by atoms with E-state index in [0.717, 1.165) is 36.3 Å². The van der Waals surface area contributed by atoms with E-state index < -0.39 is 0 Å². The lowest BCUT2D eigenvalue weighted by atomic mass is 9.94. The van der Waals surface area contributed by atoms with Gasteiger partial charge in [0.2, 0.25) is 0 Å². The Morgan fingerprint density at radius 2 is 2.20 bits per heavy atom. The van der Waals surface area contributed by atoms with Gasteiger partial charge in [-0.3, -0.25) is 0 Å². The van der Waals surface area contributed by atoms with E-state index >= 15 is 0 Å². The maximum atomic E-state index is 5.91. The van der Waals surface area contributed by atoms with Crippen molar-refractivity contribution >= 4 is 5.82 Å². The van der Waals surface area contributed by atoms with Crippen LogP contribution in [0.3, 0.4) is 0 Å². The van der Waals surface area contributed by atoms with Crippen LogP contribution in [0.15, 0.2) is 29.1 Å². The van der Waals surface area contributed by atoms with Crippen molar-refractivity contribution in [3.63, 3.8) is 0 Å². The molecule has 2 N–H and O–H groups in total. The van der Waals surface area contributed by atoms with E-state index in [9.17, 15) is 0 Å². The van der Waals surface area contributed by atoms with Crippen LogP contribution in [0.5, 0.6) is 0 Å². The van der Waals surface area contributed by atoms with Crippen molar-refractivity contribution in [2.75, 3.05) is 11.9 Å². The molecule has 0 bridgehead atoms. The Morgan fingerprint density at radius 1 is 1.35 bits per heavy atom. The smallest absolute Gasteiger partial charge is 0.133 e. The Bertz CT molecular complexity index is 578. The minimum absolute atomic E-state index is 0.533. The van der Waals surface area contributed by atoms with Crippen molar-refractivity contribution in [1.82, 2.24) is 4.98 Å². The van der Waals surface area contributed by atoms with Gasteiger partial charge in [-0.2, -0.15) is 0 Å². The average Bonchev–Trinajstić information content (AvgIpc) is 2.98. The summed E-state index contributed by atoms with van der Waals surface area (Å²) >= 11 is 0. The quantitative estimate of drug-likeness (QED) is 0.928. The van der Waals surface area contributed by atoms with E-state index in [4.69, 9.17) is 15.1 Å². The first-order valence-electron chi connectivity index (χ1n) is 7.22. The normalized spacial score (nSPS) is 14.1. The molecular formula is C16H21N3O. The topological polar surface area (TPSA) is 55.3 Å². The average molecular weight is 271 g/mol. The molecule has 0 unspecified atom stereocenters. The van der Waals surface area contributed by atoms with E-state index in [-0.39, 0.29) is 0 Å². The van der Waals surface area contributed by atoms with E-state index in [1.165, 1.54) is 24.1 Å². The van der Waals surface area contributed by atoms with Gasteiger partial charge in [0, 0.05) is 37.0 Å². The summed E-state index contributed by atoms with van der Waals surface area (Å²) in [5, 5.41) is 0. The highest BCUT2D eigenvalue weighted by atomic mass is 16.3. The molecule has 3 rings (SSSR count). The Hall–Kier alpha value is -1.81. The lowest BCUT2D eigenvalue weighted by Gasteiger charge is -2.24. The summed E-state index contributed by atoms with van der Waals surface area (Å²) in [5.74, 6) is 1.01. The molecule has 0 spiro atoms. The number of fused-ring (bicyclic) bond motifs is 1. The first-order chi connectivity index (χ1) is 9.78. The molecule has 0 radical (unpaired) electrons. The fraction of sp³-hybridized carbons (Fsp3) is 0.438. The highest BCUT2D eigenvalue weighted by molar-refractivity contribution is 5.50. The summed E-state index contributed by atoms with van der Waals surface area (Å²) in [5.41, 5.74) is 10.8. The van der Waals surface area contributed by atoms with E-state index in [1.54, 1.807) is 12.5 Å². The molecule has 4 nitrogen and oxygen atoms in total. The Balaban J connectivity index is 1.90. The van der Waals surface area contributed by atoms with Crippen molar-refractivity contribution in [3.05, 3.63) is 47.0 Å². The molecular weight excluding hydrogens is 250 g/mol. The maximum absolute atomic E-state index is 5.91. The van der Waals surface area contributed by atoms with Crippen molar-refractivity contribution < 1.29 is 4.42 Å². The van der Waals surface area contributed by atoms with Gasteiger partial charge in [0.05, 0.1) is 12.5 Å². The van der Waals surface area contributed by atoms with Gasteiger partial charge in [0.15, 0.2) is 0 Å². The molecule has 0 aromatic carbocycles. The van der Waals surface area contributed by atoms with E-state index in [0.29, 0.717) is 6.54 Å². The molecule has 2 heterocycles. The third kappa shape index (κ3) is 2.56. The van der Waals surface area contributed by atoms with Gasteiger partial charge in [-0.05, 0) is 43.4 Å². The van der Waals surface area contributed by atoms with Crippen molar-refractivity contribution in [1.29, 1.82) is 0 Å². The Labute approximate surface area is 119 Å². The van der Waals surface area contributed by atoms with Crippen LogP contribution in [-0.4, -0.2) is 12.0 Å². The van der Waals surface area contributed by atoms with Crippen LogP contribution in [0, 0.1) is 0 Å². The number of furan rings is 1. The fourth-order valence-electron chi connectivity index (χ4n) is 2.88. The van der Waals surface area contributed by atoms with E-state index in [1.807, 2.05) is 6.07 Å². The SMILES string of the molecule is CN(Cc1ccoc1)c1nc2c(cc1CN)CCCC2. The number of hydrogen-bond donors (Lipinski definition) is 1. The lowest BCUT2D eigenvalue weighted by molar-refractivity contribution is 0.563.